The van der Waals surface area contributed by atoms with Gasteiger partial charge in [0.2, 0.25) is 5.89 Å². The van der Waals surface area contributed by atoms with E-state index in [4.69, 9.17) is 8.60 Å². The number of nitrogens with zero attached hydrogens (tertiary/aromatic N) is 6. The number of benzene rings is 1. The number of hydrogen-bond acceptors (Lipinski definition) is 9. The van der Waals surface area contributed by atoms with E-state index < -0.39 is 22.0 Å². The lowest BCUT2D eigenvalue weighted by Crippen LogP contribution is -2.38. The highest BCUT2D eigenvalue weighted by Gasteiger charge is 2.37. The Morgan fingerprint density at radius 2 is 1.82 bits per heavy atom. The van der Waals surface area contributed by atoms with Gasteiger partial charge in [-0.15, -0.1) is 5.10 Å². The van der Waals surface area contributed by atoms with E-state index in [9.17, 15) is 18.0 Å². The van der Waals surface area contributed by atoms with E-state index in [-0.39, 0.29) is 28.9 Å². The quantitative estimate of drug-likeness (QED) is 0.371. The first kappa shape index (κ1) is 21.3. The third kappa shape index (κ3) is 3.89. The fraction of sp³-hybridized carbons (Fsp3) is 0.350. The molecule has 0 bridgehead atoms. The van der Waals surface area contributed by atoms with Crippen LogP contribution in [-0.2, 0) is 27.9 Å². The summed E-state index contributed by atoms with van der Waals surface area (Å²) in [5, 5.41) is 4.18. The summed E-state index contributed by atoms with van der Waals surface area (Å²) < 4.78 is 39.3. The minimum atomic E-state index is -3.89. The monoisotopic (exact) mass is 472 g/mol. The largest absolute Gasteiger partial charge is 0.437 e. The lowest BCUT2D eigenvalue weighted by Gasteiger charge is -2.33. The maximum Gasteiger partial charge on any atom is 0.437 e. The van der Waals surface area contributed by atoms with Crippen LogP contribution in [0, 0.1) is 6.92 Å². The molecule has 0 spiro atoms. The van der Waals surface area contributed by atoms with Gasteiger partial charge in [0.15, 0.2) is 11.2 Å². The fourth-order valence-electron chi connectivity index (χ4n) is 3.71. The molecule has 1 aliphatic rings. The lowest BCUT2D eigenvalue weighted by molar-refractivity contribution is 0.0672. The standard InChI is InChI=1S/C20H20N6O6S/c1-12-3-5-15(6-4-12)33(29,30)32-14-7-13(8-14)26-20(28)31-16(23-26)9-25-11-22-18-17(19(25)27)24(2)10-21-18/h3-6,10-11,13-14H,7-9H2,1-2H3/t13-,14+. The molecule has 3 aromatic heterocycles. The van der Waals surface area contributed by atoms with E-state index in [1.54, 1.807) is 23.7 Å². The molecule has 3 heterocycles. The van der Waals surface area contributed by atoms with Crippen LogP contribution in [0.2, 0.25) is 0 Å². The Hall–Kier alpha value is -3.58. The van der Waals surface area contributed by atoms with Gasteiger partial charge in [0.05, 0.1) is 23.4 Å². The molecule has 1 aromatic carbocycles. The Labute approximate surface area is 187 Å². The van der Waals surface area contributed by atoms with Crippen LogP contribution < -0.4 is 11.3 Å². The van der Waals surface area contributed by atoms with E-state index in [2.05, 4.69) is 15.1 Å². The van der Waals surface area contributed by atoms with Gasteiger partial charge in [-0.3, -0.25) is 13.5 Å². The Morgan fingerprint density at radius 3 is 2.55 bits per heavy atom. The van der Waals surface area contributed by atoms with Gasteiger partial charge >= 0.3 is 5.76 Å². The van der Waals surface area contributed by atoms with Gasteiger partial charge in [-0.25, -0.2) is 14.8 Å². The molecule has 172 valence electrons. The maximum absolute atomic E-state index is 12.7. The summed E-state index contributed by atoms with van der Waals surface area (Å²) in [6.07, 6.45) is 2.83. The molecular formula is C20H20N6O6S. The molecule has 1 saturated carbocycles. The van der Waals surface area contributed by atoms with Crippen molar-refractivity contribution in [2.24, 2.45) is 7.05 Å². The summed E-state index contributed by atoms with van der Waals surface area (Å²) in [6.45, 7) is 1.78. The molecule has 0 N–H and O–H groups in total. The third-order valence-electron chi connectivity index (χ3n) is 5.61. The lowest BCUT2D eigenvalue weighted by atomic mass is 9.90. The van der Waals surface area contributed by atoms with Crippen LogP contribution in [0.4, 0.5) is 0 Å². The minimum Gasteiger partial charge on any atom is -0.390 e. The third-order valence-corrected chi connectivity index (χ3v) is 6.98. The number of fused-ring (bicyclic) bond motifs is 1. The number of aromatic nitrogens is 6. The van der Waals surface area contributed by atoms with Crippen molar-refractivity contribution in [1.29, 1.82) is 0 Å². The summed E-state index contributed by atoms with van der Waals surface area (Å²) in [6, 6.07) is 6.03. The summed E-state index contributed by atoms with van der Waals surface area (Å²) in [5.41, 5.74) is 1.26. The first-order valence-corrected chi connectivity index (χ1v) is 11.6. The van der Waals surface area contributed by atoms with Gasteiger partial charge in [-0.05, 0) is 31.9 Å². The second kappa shape index (κ2) is 7.78. The zero-order valence-corrected chi connectivity index (χ0v) is 18.6. The van der Waals surface area contributed by atoms with Crippen LogP contribution in [0.15, 0.2) is 55.8 Å². The molecule has 0 radical (unpaired) electrons. The molecule has 5 rings (SSSR count). The van der Waals surface area contributed by atoms with Crippen LogP contribution in [0.5, 0.6) is 0 Å². The number of aryl methyl sites for hydroxylation is 2. The molecule has 0 unspecified atom stereocenters. The summed E-state index contributed by atoms with van der Waals surface area (Å²) in [4.78, 5) is 33.2. The Kier molecular flexibility index (Phi) is 5.01. The van der Waals surface area contributed by atoms with Gasteiger partial charge in [-0.2, -0.15) is 13.1 Å². The van der Waals surface area contributed by atoms with Gasteiger partial charge in [0.1, 0.15) is 12.9 Å². The molecule has 13 heteroatoms. The smallest absolute Gasteiger partial charge is 0.390 e. The van der Waals surface area contributed by atoms with Crippen molar-refractivity contribution in [3.8, 4) is 0 Å². The maximum atomic E-state index is 12.7. The van der Waals surface area contributed by atoms with Crippen LogP contribution in [-0.4, -0.2) is 43.4 Å². The molecule has 1 fully saturated rings. The first-order chi connectivity index (χ1) is 15.7. The zero-order valence-electron chi connectivity index (χ0n) is 17.8. The van der Waals surface area contributed by atoms with Crippen LogP contribution in [0.1, 0.15) is 30.3 Å². The van der Waals surface area contributed by atoms with E-state index >= 15 is 0 Å². The average molecular weight is 472 g/mol. The van der Waals surface area contributed by atoms with E-state index in [0.29, 0.717) is 24.0 Å². The predicted molar refractivity (Wildman–Crippen MR) is 114 cm³/mol. The fourth-order valence-corrected chi connectivity index (χ4v) is 4.81. The van der Waals surface area contributed by atoms with Crippen LogP contribution >= 0.6 is 0 Å². The molecule has 12 nitrogen and oxygen atoms in total. The van der Waals surface area contributed by atoms with Gasteiger partial charge in [-0.1, -0.05) is 17.7 Å². The molecule has 0 amide bonds. The molecule has 0 atom stereocenters. The molecule has 0 aliphatic heterocycles. The van der Waals surface area contributed by atoms with E-state index in [1.807, 2.05) is 6.92 Å². The second-order valence-corrected chi connectivity index (χ2v) is 9.59. The topological polar surface area (TPSA) is 144 Å². The first-order valence-electron chi connectivity index (χ1n) is 10.2. The Bertz CT molecular complexity index is 1560. The number of hydrogen-bond donors (Lipinski definition) is 0. The van der Waals surface area contributed by atoms with Crippen molar-refractivity contribution in [3.63, 3.8) is 0 Å². The van der Waals surface area contributed by atoms with Crippen LogP contribution in [0.25, 0.3) is 11.2 Å². The highest BCUT2D eigenvalue weighted by Crippen LogP contribution is 2.35. The number of rotatable bonds is 6. The van der Waals surface area contributed by atoms with Crippen molar-refractivity contribution in [2.75, 3.05) is 0 Å². The van der Waals surface area contributed by atoms with Crippen molar-refractivity contribution in [1.82, 2.24) is 28.9 Å². The second-order valence-electron chi connectivity index (χ2n) is 8.02. The normalized spacial score (nSPS) is 18.5. The molecular weight excluding hydrogens is 452 g/mol. The highest BCUT2D eigenvalue weighted by molar-refractivity contribution is 7.86. The highest BCUT2D eigenvalue weighted by atomic mass is 32.2. The van der Waals surface area contributed by atoms with Gasteiger partial charge in [0, 0.05) is 7.05 Å². The van der Waals surface area contributed by atoms with E-state index in [0.717, 1.165) is 10.2 Å². The molecule has 4 aromatic rings. The zero-order chi connectivity index (χ0) is 23.3. The van der Waals surface area contributed by atoms with Crippen molar-refractivity contribution >= 4 is 21.3 Å². The minimum absolute atomic E-state index is 0.0436. The van der Waals surface area contributed by atoms with Crippen molar-refractivity contribution in [2.45, 2.75) is 43.4 Å². The van der Waals surface area contributed by atoms with Crippen molar-refractivity contribution in [3.05, 3.63) is 69.3 Å². The van der Waals surface area contributed by atoms with E-state index in [1.165, 1.54) is 29.4 Å². The average Bonchev–Trinajstić information content (AvgIpc) is 3.29. The number of imidazole rings is 1. The molecule has 33 heavy (non-hydrogen) atoms. The van der Waals surface area contributed by atoms with Crippen molar-refractivity contribution < 1.29 is 17.0 Å². The van der Waals surface area contributed by atoms with Gasteiger partial charge < -0.3 is 8.98 Å². The summed E-state index contributed by atoms with van der Waals surface area (Å²) >= 11 is 0. The summed E-state index contributed by atoms with van der Waals surface area (Å²) in [5.74, 6) is -0.639. The molecule has 0 saturated heterocycles. The Balaban J connectivity index is 1.27. The Morgan fingerprint density at radius 1 is 1.12 bits per heavy atom. The van der Waals surface area contributed by atoms with Crippen LogP contribution in [0.3, 0.4) is 0 Å². The molecule has 1 aliphatic carbocycles. The van der Waals surface area contributed by atoms with Gasteiger partial charge in [0.25, 0.3) is 15.7 Å². The predicted octanol–water partition coefficient (Wildman–Crippen LogP) is 0.745. The SMILES string of the molecule is Cc1ccc(S(=O)(=O)O[C@H]2C[C@@H](n3nc(Cn4cnc5ncn(C)c5c4=O)oc3=O)C2)cc1. The summed E-state index contributed by atoms with van der Waals surface area (Å²) in [7, 11) is -2.21.